The number of carbonyl (C=O) groups is 1. The summed E-state index contributed by atoms with van der Waals surface area (Å²) in [6, 6.07) is 8.95. The molecule has 0 unspecified atom stereocenters. The summed E-state index contributed by atoms with van der Waals surface area (Å²) in [6.07, 6.45) is 1.67. The summed E-state index contributed by atoms with van der Waals surface area (Å²) in [5.74, 6) is -0.400. The maximum atomic E-state index is 10.6. The lowest BCUT2D eigenvalue weighted by atomic mass is 10.3. The first-order chi connectivity index (χ1) is 9.74. The maximum absolute atomic E-state index is 10.6. The number of aliphatic carboxylic acids is 1. The fourth-order valence-corrected chi connectivity index (χ4v) is 2.21. The van der Waals surface area contributed by atoms with Crippen LogP contribution >= 0.6 is 11.8 Å². The molecule has 8 heteroatoms. The van der Waals surface area contributed by atoms with Gasteiger partial charge in [-0.15, -0.1) is 10.2 Å². The average Bonchev–Trinajstić information content (AvgIpc) is 2.89. The molecule has 0 aromatic carbocycles. The van der Waals surface area contributed by atoms with Gasteiger partial charge in [0.2, 0.25) is 5.82 Å². The minimum absolute atomic E-state index is 0.0421. The highest BCUT2D eigenvalue weighted by molar-refractivity contribution is 7.99. The van der Waals surface area contributed by atoms with Gasteiger partial charge in [-0.2, -0.15) is 9.61 Å². The molecule has 20 heavy (non-hydrogen) atoms. The fourth-order valence-electron chi connectivity index (χ4n) is 1.64. The summed E-state index contributed by atoms with van der Waals surface area (Å²) in [6.45, 7) is 0. The minimum Gasteiger partial charge on any atom is -0.481 e. The largest absolute Gasteiger partial charge is 0.481 e. The number of carboxylic acid groups (broad SMARTS) is 1. The third-order valence-corrected chi connectivity index (χ3v) is 3.38. The summed E-state index contributed by atoms with van der Waals surface area (Å²) in [5.41, 5.74) is 1.25. The number of carboxylic acids is 1. The molecule has 0 saturated carbocycles. The second-order valence-corrected chi connectivity index (χ2v) is 4.86. The van der Waals surface area contributed by atoms with Crippen molar-refractivity contribution < 1.29 is 9.90 Å². The zero-order valence-corrected chi connectivity index (χ0v) is 11.0. The maximum Gasteiger partial charge on any atom is 0.313 e. The average molecular weight is 287 g/mol. The van der Waals surface area contributed by atoms with Gasteiger partial charge in [0.05, 0.1) is 5.75 Å². The molecular weight excluding hydrogens is 278 g/mol. The summed E-state index contributed by atoms with van der Waals surface area (Å²) in [4.78, 5) is 14.8. The van der Waals surface area contributed by atoms with Crippen LogP contribution in [0, 0.1) is 0 Å². The van der Waals surface area contributed by atoms with Crippen molar-refractivity contribution in [2.45, 2.75) is 5.03 Å². The van der Waals surface area contributed by atoms with E-state index in [2.05, 4.69) is 20.3 Å². The molecule has 0 radical (unpaired) electrons. The molecule has 3 aromatic rings. The van der Waals surface area contributed by atoms with Crippen LogP contribution in [0.3, 0.4) is 0 Å². The lowest BCUT2D eigenvalue weighted by molar-refractivity contribution is -0.133. The van der Waals surface area contributed by atoms with Crippen LogP contribution in [-0.4, -0.2) is 41.6 Å². The Bertz CT molecular complexity index is 759. The topological polar surface area (TPSA) is 93.3 Å². The first kappa shape index (κ1) is 12.5. The van der Waals surface area contributed by atoms with Crippen LogP contribution in [0.25, 0.3) is 17.2 Å². The van der Waals surface area contributed by atoms with Gasteiger partial charge in [-0.05, 0) is 24.3 Å². The van der Waals surface area contributed by atoms with Crippen LogP contribution < -0.4 is 0 Å². The van der Waals surface area contributed by atoms with Gasteiger partial charge in [-0.1, -0.05) is 17.8 Å². The van der Waals surface area contributed by atoms with Gasteiger partial charge in [0.25, 0.3) is 0 Å². The number of hydrogen-bond acceptors (Lipinski definition) is 6. The van der Waals surface area contributed by atoms with E-state index in [1.807, 2.05) is 18.2 Å². The number of thioether (sulfide) groups is 1. The van der Waals surface area contributed by atoms with E-state index >= 15 is 0 Å². The van der Waals surface area contributed by atoms with Crippen molar-refractivity contribution in [2.24, 2.45) is 0 Å². The van der Waals surface area contributed by atoms with Gasteiger partial charge < -0.3 is 5.11 Å². The highest BCUT2D eigenvalue weighted by atomic mass is 32.2. The first-order valence-electron chi connectivity index (χ1n) is 5.72. The van der Waals surface area contributed by atoms with Gasteiger partial charge in [-0.25, -0.2) is 0 Å². The highest BCUT2D eigenvalue weighted by Crippen LogP contribution is 2.18. The summed E-state index contributed by atoms with van der Waals surface area (Å²) in [5, 5.41) is 21.7. The second kappa shape index (κ2) is 5.25. The Hall–Kier alpha value is -2.48. The van der Waals surface area contributed by atoms with E-state index in [1.165, 1.54) is 0 Å². The molecule has 0 aliphatic carbocycles. The van der Waals surface area contributed by atoms with Crippen LogP contribution in [0.1, 0.15) is 0 Å². The van der Waals surface area contributed by atoms with Crippen molar-refractivity contribution in [1.82, 2.24) is 24.8 Å². The second-order valence-electron chi connectivity index (χ2n) is 3.86. The summed E-state index contributed by atoms with van der Waals surface area (Å²) < 4.78 is 1.56. The highest BCUT2D eigenvalue weighted by Gasteiger charge is 2.11. The molecular formula is C12H9N5O2S. The van der Waals surface area contributed by atoms with Gasteiger partial charge >= 0.3 is 5.97 Å². The Morgan fingerprint density at radius 2 is 2.15 bits per heavy atom. The molecule has 0 aliphatic rings. The number of aromatic nitrogens is 5. The molecule has 0 amide bonds. The lowest BCUT2D eigenvalue weighted by Gasteiger charge is -2.01. The van der Waals surface area contributed by atoms with E-state index < -0.39 is 5.97 Å². The SMILES string of the molecule is O=C(O)CSc1ccc2nnc(-c3ccccn3)n2n1. The van der Waals surface area contributed by atoms with Crippen molar-refractivity contribution in [3.8, 4) is 11.5 Å². The number of pyridine rings is 1. The monoisotopic (exact) mass is 287 g/mol. The zero-order valence-electron chi connectivity index (χ0n) is 10.2. The third kappa shape index (κ3) is 2.45. The normalized spacial score (nSPS) is 10.8. The molecule has 0 spiro atoms. The Labute approximate surface area is 117 Å². The quantitative estimate of drug-likeness (QED) is 0.724. The van der Waals surface area contributed by atoms with Gasteiger partial charge in [0.15, 0.2) is 5.65 Å². The minimum atomic E-state index is -0.884. The summed E-state index contributed by atoms with van der Waals surface area (Å²) in [7, 11) is 0. The van der Waals surface area contributed by atoms with Crippen molar-refractivity contribution >= 4 is 23.4 Å². The molecule has 100 valence electrons. The summed E-state index contributed by atoms with van der Waals surface area (Å²) >= 11 is 1.14. The van der Waals surface area contributed by atoms with E-state index in [0.717, 1.165) is 11.8 Å². The van der Waals surface area contributed by atoms with E-state index in [9.17, 15) is 4.79 Å². The molecule has 7 nitrogen and oxygen atoms in total. The van der Waals surface area contributed by atoms with Crippen molar-refractivity contribution in [3.05, 3.63) is 36.5 Å². The predicted molar refractivity (Wildman–Crippen MR) is 72.4 cm³/mol. The molecule has 0 fully saturated rings. The lowest BCUT2D eigenvalue weighted by Crippen LogP contribution is -2.01. The molecule has 3 aromatic heterocycles. The molecule has 0 atom stereocenters. The number of rotatable bonds is 4. The van der Waals surface area contributed by atoms with Crippen molar-refractivity contribution in [1.29, 1.82) is 0 Å². The molecule has 0 bridgehead atoms. The van der Waals surface area contributed by atoms with Crippen LogP contribution in [0.15, 0.2) is 41.6 Å². The Kier molecular flexibility index (Phi) is 3.30. The first-order valence-corrected chi connectivity index (χ1v) is 6.71. The predicted octanol–water partition coefficient (Wildman–Crippen LogP) is 1.36. The van der Waals surface area contributed by atoms with Crippen molar-refractivity contribution in [3.63, 3.8) is 0 Å². The van der Waals surface area contributed by atoms with Crippen LogP contribution in [0.5, 0.6) is 0 Å². The van der Waals surface area contributed by atoms with Crippen LogP contribution in [0.4, 0.5) is 0 Å². The molecule has 3 heterocycles. The van der Waals surface area contributed by atoms with Gasteiger partial charge in [-0.3, -0.25) is 9.78 Å². The molecule has 0 saturated heterocycles. The van der Waals surface area contributed by atoms with Crippen LogP contribution in [-0.2, 0) is 4.79 Å². The molecule has 0 aliphatic heterocycles. The number of hydrogen-bond donors (Lipinski definition) is 1. The van der Waals surface area contributed by atoms with Crippen LogP contribution in [0.2, 0.25) is 0 Å². The Balaban J connectivity index is 2.02. The molecule has 1 N–H and O–H groups in total. The van der Waals surface area contributed by atoms with E-state index in [0.29, 0.717) is 22.2 Å². The van der Waals surface area contributed by atoms with Gasteiger partial charge in [0, 0.05) is 6.20 Å². The Morgan fingerprint density at radius 1 is 1.25 bits per heavy atom. The smallest absolute Gasteiger partial charge is 0.313 e. The number of fused-ring (bicyclic) bond motifs is 1. The fraction of sp³-hybridized carbons (Fsp3) is 0.0833. The van der Waals surface area contributed by atoms with E-state index in [4.69, 9.17) is 5.11 Å². The molecule has 3 rings (SSSR count). The van der Waals surface area contributed by atoms with E-state index in [1.54, 1.807) is 22.8 Å². The zero-order chi connectivity index (χ0) is 13.9. The van der Waals surface area contributed by atoms with Crippen molar-refractivity contribution in [2.75, 3.05) is 5.75 Å². The number of nitrogens with zero attached hydrogens (tertiary/aromatic N) is 5. The Morgan fingerprint density at radius 3 is 2.90 bits per heavy atom. The third-order valence-electron chi connectivity index (χ3n) is 2.48. The van der Waals surface area contributed by atoms with E-state index in [-0.39, 0.29) is 5.75 Å². The standard InChI is InChI=1S/C12H9N5O2S/c18-11(19)7-20-10-5-4-9-14-15-12(17(9)16-10)8-3-1-2-6-13-8/h1-6H,7H2,(H,18,19). The van der Waals surface area contributed by atoms with Gasteiger partial charge in [0.1, 0.15) is 10.7 Å².